The lowest BCUT2D eigenvalue weighted by molar-refractivity contribution is 0.302. The molecule has 0 aromatic heterocycles. The molecule has 2 aromatic carbocycles. The molecule has 0 saturated heterocycles. The van der Waals surface area contributed by atoms with Crippen LogP contribution in [0, 0.1) is 0 Å². The molecule has 2 aromatic rings. The van der Waals surface area contributed by atoms with Crippen LogP contribution < -0.4 is 4.74 Å². The van der Waals surface area contributed by atoms with Crippen LogP contribution in [0.4, 0.5) is 0 Å². The van der Waals surface area contributed by atoms with E-state index in [9.17, 15) is 0 Å². The third kappa shape index (κ3) is 5.04. The molecule has 0 aliphatic carbocycles. The summed E-state index contributed by atoms with van der Waals surface area (Å²) in [5.74, 6) is 0.874. The molecule has 0 saturated carbocycles. The second-order valence-electron chi connectivity index (χ2n) is 5.30. The highest BCUT2D eigenvalue weighted by Crippen LogP contribution is 2.24. The maximum Gasteiger partial charge on any atom is 0.119 e. The van der Waals surface area contributed by atoms with Gasteiger partial charge in [0.05, 0.1) is 5.38 Å². The fourth-order valence-corrected chi connectivity index (χ4v) is 2.67. The van der Waals surface area contributed by atoms with Crippen molar-refractivity contribution < 1.29 is 4.74 Å². The zero-order valence-electron chi connectivity index (χ0n) is 13.3. The van der Waals surface area contributed by atoms with Crippen LogP contribution in [0.2, 0.25) is 0 Å². The first kappa shape index (κ1) is 16.9. The van der Waals surface area contributed by atoms with Crippen LogP contribution in [-0.4, -0.2) is 24.5 Å². The molecule has 2 nitrogen and oxygen atoms in total. The average molecular weight is 318 g/mol. The van der Waals surface area contributed by atoms with E-state index in [1.54, 1.807) is 0 Å². The zero-order chi connectivity index (χ0) is 15.8. The van der Waals surface area contributed by atoms with Crippen molar-refractivity contribution in [2.45, 2.75) is 25.8 Å². The summed E-state index contributed by atoms with van der Waals surface area (Å²) in [7, 11) is 0. The Labute approximate surface area is 138 Å². The first-order chi connectivity index (χ1) is 10.7. The van der Waals surface area contributed by atoms with E-state index >= 15 is 0 Å². The third-order valence-corrected chi connectivity index (χ3v) is 4.19. The maximum absolute atomic E-state index is 6.50. The number of alkyl halides is 1. The van der Waals surface area contributed by atoms with Gasteiger partial charge >= 0.3 is 0 Å². The Kier molecular flexibility index (Phi) is 6.75. The van der Waals surface area contributed by atoms with Gasteiger partial charge in [-0.15, -0.1) is 11.6 Å². The number of benzene rings is 2. The Hall–Kier alpha value is -1.51. The topological polar surface area (TPSA) is 12.5 Å². The molecule has 1 unspecified atom stereocenters. The van der Waals surface area contributed by atoms with E-state index in [0.717, 1.165) is 30.9 Å². The predicted molar refractivity (Wildman–Crippen MR) is 93.6 cm³/mol. The van der Waals surface area contributed by atoms with Crippen LogP contribution in [0.5, 0.6) is 5.75 Å². The van der Waals surface area contributed by atoms with Gasteiger partial charge in [-0.05, 0) is 36.3 Å². The lowest BCUT2D eigenvalue weighted by Crippen LogP contribution is -2.26. The van der Waals surface area contributed by atoms with Gasteiger partial charge in [-0.3, -0.25) is 0 Å². The van der Waals surface area contributed by atoms with Crippen molar-refractivity contribution in [2.24, 2.45) is 0 Å². The summed E-state index contributed by atoms with van der Waals surface area (Å²) in [6.07, 6.45) is 0. The Balaban J connectivity index is 1.89. The molecule has 0 heterocycles. The van der Waals surface area contributed by atoms with Crippen LogP contribution in [-0.2, 0) is 6.61 Å². The van der Waals surface area contributed by atoms with Crippen LogP contribution in [0.1, 0.15) is 30.4 Å². The molecular formula is C19H24ClNO. The van der Waals surface area contributed by atoms with Gasteiger partial charge in [0.15, 0.2) is 0 Å². The quantitative estimate of drug-likeness (QED) is 0.643. The highest BCUT2D eigenvalue weighted by molar-refractivity contribution is 6.21. The number of ether oxygens (including phenoxy) is 1. The SMILES string of the molecule is CCN(CC)CC(Cl)c1ccc(OCc2ccccc2)cc1. The molecule has 3 heteroatoms. The number of rotatable bonds is 8. The Morgan fingerprint density at radius 2 is 1.59 bits per heavy atom. The number of hydrogen-bond acceptors (Lipinski definition) is 2. The Morgan fingerprint density at radius 1 is 0.955 bits per heavy atom. The molecule has 2 rings (SSSR count). The molecule has 0 spiro atoms. The van der Waals surface area contributed by atoms with Crippen molar-refractivity contribution >= 4 is 11.6 Å². The predicted octanol–water partition coefficient (Wildman–Crippen LogP) is 4.89. The standard InChI is InChI=1S/C19H24ClNO/c1-3-21(4-2)14-19(20)17-10-12-18(13-11-17)22-15-16-8-6-5-7-9-16/h5-13,19H,3-4,14-15H2,1-2H3. The summed E-state index contributed by atoms with van der Waals surface area (Å²) >= 11 is 6.50. The van der Waals surface area contributed by atoms with Crippen LogP contribution >= 0.6 is 11.6 Å². The van der Waals surface area contributed by atoms with Gasteiger partial charge in [0.25, 0.3) is 0 Å². The third-order valence-electron chi connectivity index (χ3n) is 3.80. The second-order valence-corrected chi connectivity index (χ2v) is 5.82. The minimum atomic E-state index is 0.0167. The Bertz CT molecular complexity index is 537. The monoisotopic (exact) mass is 317 g/mol. The summed E-state index contributed by atoms with van der Waals surface area (Å²) in [6.45, 7) is 7.83. The van der Waals surface area contributed by atoms with E-state index in [4.69, 9.17) is 16.3 Å². The first-order valence-electron chi connectivity index (χ1n) is 7.86. The summed E-state index contributed by atoms with van der Waals surface area (Å²) in [6, 6.07) is 18.3. The minimum Gasteiger partial charge on any atom is -0.489 e. The zero-order valence-corrected chi connectivity index (χ0v) is 14.1. The minimum absolute atomic E-state index is 0.0167. The van der Waals surface area contributed by atoms with E-state index < -0.39 is 0 Å². The van der Waals surface area contributed by atoms with Gasteiger partial charge in [-0.1, -0.05) is 56.3 Å². The average Bonchev–Trinajstić information content (AvgIpc) is 2.59. The molecule has 22 heavy (non-hydrogen) atoms. The molecule has 0 aliphatic heterocycles. The molecule has 1 atom stereocenters. The largest absolute Gasteiger partial charge is 0.489 e. The number of likely N-dealkylation sites (N-methyl/N-ethyl adjacent to an activating group) is 1. The maximum atomic E-state index is 6.50. The van der Waals surface area contributed by atoms with Gasteiger partial charge in [-0.25, -0.2) is 0 Å². The van der Waals surface area contributed by atoms with Crippen molar-refractivity contribution in [1.29, 1.82) is 0 Å². The summed E-state index contributed by atoms with van der Waals surface area (Å²) < 4.78 is 5.80. The van der Waals surface area contributed by atoms with E-state index in [0.29, 0.717) is 6.61 Å². The molecule has 0 N–H and O–H groups in total. The van der Waals surface area contributed by atoms with Gasteiger partial charge in [-0.2, -0.15) is 0 Å². The molecule has 0 amide bonds. The number of nitrogens with zero attached hydrogens (tertiary/aromatic N) is 1. The van der Waals surface area contributed by atoms with Crippen molar-refractivity contribution in [2.75, 3.05) is 19.6 Å². The fraction of sp³-hybridized carbons (Fsp3) is 0.368. The van der Waals surface area contributed by atoms with Gasteiger partial charge in [0, 0.05) is 6.54 Å². The van der Waals surface area contributed by atoms with Crippen LogP contribution in [0.15, 0.2) is 54.6 Å². The number of hydrogen-bond donors (Lipinski definition) is 0. The molecule has 0 bridgehead atoms. The second kappa shape index (κ2) is 8.82. The fourth-order valence-electron chi connectivity index (χ4n) is 2.33. The van der Waals surface area contributed by atoms with Crippen molar-refractivity contribution in [1.82, 2.24) is 4.90 Å². The smallest absolute Gasteiger partial charge is 0.119 e. The van der Waals surface area contributed by atoms with Gasteiger partial charge in [0.1, 0.15) is 12.4 Å². The summed E-state index contributed by atoms with van der Waals surface area (Å²) in [4.78, 5) is 2.33. The van der Waals surface area contributed by atoms with Gasteiger partial charge < -0.3 is 9.64 Å². The van der Waals surface area contributed by atoms with Crippen molar-refractivity contribution in [3.63, 3.8) is 0 Å². The molecular weight excluding hydrogens is 294 g/mol. The highest BCUT2D eigenvalue weighted by atomic mass is 35.5. The molecule has 0 aliphatic rings. The molecule has 118 valence electrons. The molecule has 0 radical (unpaired) electrons. The molecule has 0 fully saturated rings. The van der Waals surface area contributed by atoms with Gasteiger partial charge in [0.2, 0.25) is 0 Å². The highest BCUT2D eigenvalue weighted by Gasteiger charge is 2.11. The van der Waals surface area contributed by atoms with Crippen LogP contribution in [0.25, 0.3) is 0 Å². The lowest BCUT2D eigenvalue weighted by atomic mass is 10.1. The van der Waals surface area contributed by atoms with E-state index in [1.807, 2.05) is 30.3 Å². The van der Waals surface area contributed by atoms with E-state index in [1.165, 1.54) is 5.56 Å². The van der Waals surface area contributed by atoms with E-state index in [-0.39, 0.29) is 5.38 Å². The Morgan fingerprint density at radius 3 is 2.18 bits per heavy atom. The summed E-state index contributed by atoms with van der Waals surface area (Å²) in [5, 5.41) is 0.0167. The summed E-state index contributed by atoms with van der Waals surface area (Å²) in [5.41, 5.74) is 2.31. The normalized spacial score (nSPS) is 12.4. The van der Waals surface area contributed by atoms with Crippen LogP contribution in [0.3, 0.4) is 0 Å². The lowest BCUT2D eigenvalue weighted by Gasteiger charge is -2.21. The van der Waals surface area contributed by atoms with E-state index in [2.05, 4.69) is 43.0 Å². The first-order valence-corrected chi connectivity index (χ1v) is 8.29. The number of halogens is 1. The van der Waals surface area contributed by atoms with Crippen molar-refractivity contribution in [3.8, 4) is 5.75 Å². The van der Waals surface area contributed by atoms with Crippen molar-refractivity contribution in [3.05, 3.63) is 65.7 Å².